The zero-order valence-electron chi connectivity index (χ0n) is 13.9. The zero-order chi connectivity index (χ0) is 16.5. The molecule has 0 saturated carbocycles. The van der Waals surface area contributed by atoms with E-state index in [0.717, 1.165) is 52.8 Å². The molecule has 0 saturated heterocycles. The van der Waals surface area contributed by atoms with Crippen LogP contribution in [0.15, 0.2) is 30.3 Å². The molecule has 0 aliphatic rings. The van der Waals surface area contributed by atoms with Crippen molar-refractivity contribution in [2.45, 2.75) is 32.6 Å². The Hall–Kier alpha value is -1.42. The molecule has 2 rings (SSSR count). The van der Waals surface area contributed by atoms with Gasteiger partial charge in [-0.25, -0.2) is 0 Å². The van der Waals surface area contributed by atoms with Crippen molar-refractivity contribution in [3.8, 4) is 17.2 Å². The van der Waals surface area contributed by atoms with Gasteiger partial charge >= 0.3 is 0 Å². The van der Waals surface area contributed by atoms with E-state index in [0.29, 0.717) is 6.61 Å². The van der Waals surface area contributed by atoms with Crippen molar-refractivity contribution in [3.05, 3.63) is 30.3 Å². The lowest BCUT2D eigenvalue weighted by molar-refractivity contribution is 0.297. The summed E-state index contributed by atoms with van der Waals surface area (Å²) in [5.41, 5.74) is 0. The average molecular weight is 381 g/mol. The summed E-state index contributed by atoms with van der Waals surface area (Å²) in [7, 11) is 1.68. The first kappa shape index (κ1) is 17.9. The van der Waals surface area contributed by atoms with Gasteiger partial charge in [-0.2, -0.15) is 0 Å². The number of hydrogen-bond acceptors (Lipinski definition) is 3. The monoisotopic (exact) mass is 380 g/mol. The molecule has 0 amide bonds. The number of alkyl halides is 1. The number of unbranched alkanes of at least 4 members (excludes halogenated alkanes) is 2. The second-order valence-electron chi connectivity index (χ2n) is 5.43. The van der Waals surface area contributed by atoms with Crippen LogP contribution >= 0.6 is 15.9 Å². The van der Waals surface area contributed by atoms with Gasteiger partial charge in [0.2, 0.25) is 0 Å². The predicted molar refractivity (Wildman–Crippen MR) is 99.4 cm³/mol. The van der Waals surface area contributed by atoms with Gasteiger partial charge in [0.15, 0.2) is 11.5 Å². The van der Waals surface area contributed by atoms with E-state index in [1.807, 2.05) is 18.2 Å². The van der Waals surface area contributed by atoms with Crippen LogP contribution in [0.2, 0.25) is 0 Å². The van der Waals surface area contributed by atoms with Crippen molar-refractivity contribution in [1.82, 2.24) is 0 Å². The highest BCUT2D eigenvalue weighted by molar-refractivity contribution is 9.09. The van der Waals surface area contributed by atoms with Gasteiger partial charge in [-0.1, -0.05) is 41.8 Å². The molecule has 3 nitrogen and oxygen atoms in total. The van der Waals surface area contributed by atoms with E-state index in [4.69, 9.17) is 14.2 Å². The maximum absolute atomic E-state index is 5.82. The van der Waals surface area contributed by atoms with Crippen LogP contribution in [-0.4, -0.2) is 25.7 Å². The molecule has 0 aromatic heterocycles. The molecule has 0 heterocycles. The molecule has 2 aromatic carbocycles. The maximum atomic E-state index is 5.82. The van der Waals surface area contributed by atoms with Crippen molar-refractivity contribution >= 4 is 26.7 Å². The minimum atomic E-state index is 0.672. The summed E-state index contributed by atoms with van der Waals surface area (Å²) >= 11 is 3.41. The Labute approximate surface area is 147 Å². The molecule has 4 heteroatoms. The Morgan fingerprint density at radius 2 is 1.78 bits per heavy atom. The van der Waals surface area contributed by atoms with E-state index >= 15 is 0 Å². The number of ether oxygens (including phenoxy) is 3. The molecule has 0 radical (unpaired) electrons. The second-order valence-corrected chi connectivity index (χ2v) is 6.22. The third kappa shape index (κ3) is 5.03. The molecular formula is C19H25BrO3. The molecule has 0 bridgehead atoms. The van der Waals surface area contributed by atoms with Gasteiger partial charge in [-0.15, -0.1) is 0 Å². The van der Waals surface area contributed by atoms with E-state index in [1.54, 1.807) is 7.11 Å². The molecule has 0 spiro atoms. The Kier molecular flexibility index (Phi) is 7.53. The fourth-order valence-electron chi connectivity index (χ4n) is 2.45. The van der Waals surface area contributed by atoms with Crippen LogP contribution in [0.4, 0.5) is 0 Å². The fraction of sp³-hybridized carbons (Fsp3) is 0.474. The van der Waals surface area contributed by atoms with Gasteiger partial charge < -0.3 is 14.2 Å². The summed E-state index contributed by atoms with van der Waals surface area (Å²) in [6, 6.07) is 10.1. The Bertz CT molecular complexity index is 613. The Balaban J connectivity index is 2.15. The molecule has 126 valence electrons. The number of hydrogen-bond donors (Lipinski definition) is 0. The van der Waals surface area contributed by atoms with Gasteiger partial charge in [-0.05, 0) is 42.5 Å². The lowest BCUT2D eigenvalue weighted by Gasteiger charge is -2.14. The molecule has 0 unspecified atom stereocenters. The summed E-state index contributed by atoms with van der Waals surface area (Å²) in [6.07, 6.45) is 4.47. The minimum Gasteiger partial charge on any atom is -0.494 e. The van der Waals surface area contributed by atoms with Crippen LogP contribution in [0, 0.1) is 0 Å². The van der Waals surface area contributed by atoms with Crippen molar-refractivity contribution in [2.24, 2.45) is 0 Å². The van der Waals surface area contributed by atoms with Gasteiger partial charge in [0.05, 0.1) is 20.3 Å². The first-order chi connectivity index (χ1) is 11.3. The largest absolute Gasteiger partial charge is 0.494 e. The highest BCUT2D eigenvalue weighted by Crippen LogP contribution is 2.37. The van der Waals surface area contributed by atoms with Crippen LogP contribution < -0.4 is 14.2 Å². The average Bonchev–Trinajstić information content (AvgIpc) is 2.58. The number of fused-ring (bicyclic) bond motifs is 1. The third-order valence-electron chi connectivity index (χ3n) is 3.66. The summed E-state index contributed by atoms with van der Waals surface area (Å²) in [6.45, 7) is 3.63. The third-order valence-corrected chi connectivity index (χ3v) is 4.22. The van der Waals surface area contributed by atoms with E-state index < -0.39 is 0 Å². The van der Waals surface area contributed by atoms with E-state index in [1.165, 1.54) is 12.8 Å². The van der Waals surface area contributed by atoms with E-state index in [2.05, 4.69) is 35.0 Å². The maximum Gasteiger partial charge on any atom is 0.168 e. The second kappa shape index (κ2) is 9.66. The quantitative estimate of drug-likeness (QED) is 0.397. The standard InChI is InChI=1S/C19H25BrO3/c1-3-4-5-12-22-16-8-9-17-15(14-16)7-10-18(19(17)21-2)23-13-6-11-20/h7-10,14H,3-6,11-13H2,1-2H3. The Morgan fingerprint density at radius 1 is 0.957 bits per heavy atom. The van der Waals surface area contributed by atoms with Gasteiger partial charge in [-0.3, -0.25) is 0 Å². The first-order valence-electron chi connectivity index (χ1n) is 8.22. The van der Waals surface area contributed by atoms with Crippen molar-refractivity contribution < 1.29 is 14.2 Å². The summed E-state index contributed by atoms with van der Waals surface area (Å²) in [5, 5.41) is 3.08. The van der Waals surface area contributed by atoms with E-state index in [9.17, 15) is 0 Å². The van der Waals surface area contributed by atoms with Crippen LogP contribution in [0.3, 0.4) is 0 Å². The Morgan fingerprint density at radius 3 is 2.52 bits per heavy atom. The molecule has 2 aromatic rings. The zero-order valence-corrected chi connectivity index (χ0v) is 15.5. The fourth-order valence-corrected chi connectivity index (χ4v) is 2.68. The predicted octanol–water partition coefficient (Wildman–Crippen LogP) is 5.58. The van der Waals surface area contributed by atoms with Crippen LogP contribution in [0.1, 0.15) is 32.6 Å². The summed E-state index contributed by atoms with van der Waals surface area (Å²) in [5.74, 6) is 2.48. The smallest absolute Gasteiger partial charge is 0.168 e. The normalized spacial score (nSPS) is 10.7. The highest BCUT2D eigenvalue weighted by atomic mass is 79.9. The van der Waals surface area contributed by atoms with E-state index in [-0.39, 0.29) is 0 Å². The van der Waals surface area contributed by atoms with Crippen molar-refractivity contribution in [2.75, 3.05) is 25.7 Å². The molecule has 0 aliphatic carbocycles. The number of halogens is 1. The van der Waals surface area contributed by atoms with Gasteiger partial charge in [0, 0.05) is 10.7 Å². The topological polar surface area (TPSA) is 27.7 Å². The van der Waals surface area contributed by atoms with Gasteiger partial charge in [0.1, 0.15) is 5.75 Å². The number of methoxy groups -OCH3 is 1. The van der Waals surface area contributed by atoms with Crippen molar-refractivity contribution in [3.63, 3.8) is 0 Å². The van der Waals surface area contributed by atoms with Crippen LogP contribution in [0.25, 0.3) is 10.8 Å². The molecule has 23 heavy (non-hydrogen) atoms. The highest BCUT2D eigenvalue weighted by Gasteiger charge is 2.10. The molecular weight excluding hydrogens is 356 g/mol. The first-order valence-corrected chi connectivity index (χ1v) is 9.34. The van der Waals surface area contributed by atoms with Gasteiger partial charge in [0.25, 0.3) is 0 Å². The number of benzene rings is 2. The minimum absolute atomic E-state index is 0.672. The molecule has 0 atom stereocenters. The molecule has 0 aliphatic heterocycles. The lowest BCUT2D eigenvalue weighted by atomic mass is 10.1. The van der Waals surface area contributed by atoms with Crippen molar-refractivity contribution in [1.29, 1.82) is 0 Å². The van der Waals surface area contributed by atoms with Crippen LogP contribution in [0.5, 0.6) is 17.2 Å². The van der Waals surface area contributed by atoms with Crippen LogP contribution in [-0.2, 0) is 0 Å². The number of rotatable bonds is 10. The molecule has 0 N–H and O–H groups in total. The SMILES string of the molecule is CCCCCOc1ccc2c(OC)c(OCCCBr)ccc2c1. The molecule has 0 fully saturated rings. The summed E-state index contributed by atoms with van der Waals surface area (Å²) < 4.78 is 17.2. The lowest BCUT2D eigenvalue weighted by Crippen LogP contribution is -2.00. The summed E-state index contributed by atoms with van der Waals surface area (Å²) in [4.78, 5) is 0.